The van der Waals surface area contributed by atoms with Crippen LogP contribution in [-0.4, -0.2) is 21.7 Å². The Morgan fingerprint density at radius 3 is 2.60 bits per heavy atom. The summed E-state index contributed by atoms with van der Waals surface area (Å²) in [6, 6.07) is 0. The molecule has 0 aromatic carbocycles. The van der Waals surface area contributed by atoms with E-state index in [1.807, 2.05) is 6.92 Å². The molecule has 5 nitrogen and oxygen atoms in total. The summed E-state index contributed by atoms with van der Waals surface area (Å²) in [5.74, 6) is 0.973. The van der Waals surface area contributed by atoms with Crippen molar-refractivity contribution in [1.29, 1.82) is 0 Å². The number of rotatable bonds is 5. The zero-order valence-corrected chi connectivity index (χ0v) is 11.9. The van der Waals surface area contributed by atoms with Gasteiger partial charge in [0.2, 0.25) is 5.88 Å². The summed E-state index contributed by atoms with van der Waals surface area (Å²) in [6.07, 6.45) is 6.18. The Kier molecular flexibility index (Phi) is 3.78. The molecule has 0 saturated heterocycles. The van der Waals surface area contributed by atoms with E-state index in [-0.39, 0.29) is 23.5 Å². The number of hydrogen-bond acceptors (Lipinski definition) is 4. The number of H-pyrrole nitrogens is 1. The lowest BCUT2D eigenvalue weighted by Gasteiger charge is -2.17. The van der Waals surface area contributed by atoms with Crippen LogP contribution >= 0.6 is 0 Å². The lowest BCUT2D eigenvalue weighted by molar-refractivity contribution is 0.0393. The quantitative estimate of drug-likeness (QED) is 0.868. The molecule has 2 aliphatic rings. The van der Waals surface area contributed by atoms with Gasteiger partial charge in [-0.1, -0.05) is 12.8 Å². The van der Waals surface area contributed by atoms with Gasteiger partial charge in [-0.15, -0.1) is 0 Å². The van der Waals surface area contributed by atoms with Crippen molar-refractivity contribution in [3.8, 4) is 5.88 Å². The van der Waals surface area contributed by atoms with Gasteiger partial charge in [0.05, 0.1) is 5.56 Å². The Hall–Kier alpha value is -1.36. The maximum absolute atomic E-state index is 12.3. The number of nitrogens with one attached hydrogen (secondary N) is 1. The lowest BCUT2D eigenvalue weighted by atomic mass is 10.00. The third-order valence-electron chi connectivity index (χ3n) is 4.38. The molecule has 0 aliphatic heterocycles. The van der Waals surface area contributed by atoms with Crippen LogP contribution in [0.1, 0.15) is 68.9 Å². The first-order valence-corrected chi connectivity index (χ1v) is 7.65. The van der Waals surface area contributed by atoms with Crippen molar-refractivity contribution in [2.75, 3.05) is 6.61 Å². The highest BCUT2D eigenvalue weighted by Gasteiger charge is 2.35. The zero-order chi connectivity index (χ0) is 14.1. The largest absolute Gasteiger partial charge is 0.493 e. The molecule has 2 aliphatic carbocycles. The molecule has 1 aromatic heterocycles. The Balaban J connectivity index is 1.92. The van der Waals surface area contributed by atoms with Gasteiger partial charge in [0, 0.05) is 6.61 Å². The van der Waals surface area contributed by atoms with Gasteiger partial charge < -0.3 is 14.8 Å². The molecular weight excluding hydrogens is 256 g/mol. The first kappa shape index (κ1) is 13.6. The van der Waals surface area contributed by atoms with Crippen molar-refractivity contribution in [2.24, 2.45) is 5.92 Å². The summed E-state index contributed by atoms with van der Waals surface area (Å²) in [7, 11) is 0. The molecular formula is C15H22N2O3. The van der Waals surface area contributed by atoms with Crippen molar-refractivity contribution in [3.63, 3.8) is 0 Å². The Bertz CT molecular complexity index is 530. The molecule has 2 N–H and O–H groups in total. The van der Waals surface area contributed by atoms with Crippen molar-refractivity contribution >= 4 is 0 Å². The number of aromatic hydroxyl groups is 1. The molecule has 110 valence electrons. The van der Waals surface area contributed by atoms with Crippen LogP contribution in [0, 0.1) is 5.92 Å². The molecule has 0 amide bonds. The standard InChI is InChI=1S/C15H22N2O3/c1-2-20-12(10-7-8-10)13-16-14(18)11(15(19)17-13)9-5-3-4-6-9/h9-10,12H,2-8H2,1H3,(H2,16,17,18,19). The number of aromatic nitrogens is 2. The average molecular weight is 278 g/mol. The molecule has 0 spiro atoms. The minimum absolute atomic E-state index is 0.0963. The SMILES string of the molecule is CCOC(c1nc(O)c(C2CCCC2)c(=O)[nH]1)C1CC1. The second kappa shape index (κ2) is 5.56. The molecule has 1 heterocycles. The van der Waals surface area contributed by atoms with Crippen LogP contribution in [0.2, 0.25) is 0 Å². The number of hydrogen-bond donors (Lipinski definition) is 2. The van der Waals surface area contributed by atoms with E-state index in [2.05, 4.69) is 9.97 Å². The van der Waals surface area contributed by atoms with E-state index < -0.39 is 0 Å². The van der Waals surface area contributed by atoms with E-state index in [4.69, 9.17) is 4.74 Å². The van der Waals surface area contributed by atoms with E-state index in [0.717, 1.165) is 38.5 Å². The van der Waals surface area contributed by atoms with E-state index in [1.165, 1.54) is 0 Å². The van der Waals surface area contributed by atoms with Crippen LogP contribution in [0.4, 0.5) is 0 Å². The fourth-order valence-electron chi connectivity index (χ4n) is 3.22. The van der Waals surface area contributed by atoms with Gasteiger partial charge in [0.25, 0.3) is 5.56 Å². The first-order valence-electron chi connectivity index (χ1n) is 7.65. The second-order valence-electron chi connectivity index (χ2n) is 5.88. The summed E-state index contributed by atoms with van der Waals surface area (Å²) in [4.78, 5) is 19.4. The van der Waals surface area contributed by atoms with Crippen LogP contribution in [0.25, 0.3) is 0 Å². The fraction of sp³-hybridized carbons (Fsp3) is 0.733. The number of ether oxygens (including phenoxy) is 1. The second-order valence-corrected chi connectivity index (χ2v) is 5.88. The predicted molar refractivity (Wildman–Crippen MR) is 74.8 cm³/mol. The molecule has 2 saturated carbocycles. The van der Waals surface area contributed by atoms with Crippen molar-refractivity contribution in [1.82, 2.24) is 9.97 Å². The van der Waals surface area contributed by atoms with E-state index in [0.29, 0.717) is 23.9 Å². The van der Waals surface area contributed by atoms with Gasteiger partial charge in [-0.05, 0) is 44.4 Å². The van der Waals surface area contributed by atoms with Crippen LogP contribution in [0.5, 0.6) is 5.88 Å². The minimum Gasteiger partial charge on any atom is -0.493 e. The topological polar surface area (TPSA) is 75.2 Å². The Labute approximate surface area is 118 Å². The number of nitrogens with zero attached hydrogens (tertiary/aromatic N) is 1. The van der Waals surface area contributed by atoms with Crippen LogP contribution < -0.4 is 5.56 Å². The van der Waals surface area contributed by atoms with Gasteiger partial charge >= 0.3 is 0 Å². The monoisotopic (exact) mass is 278 g/mol. The van der Waals surface area contributed by atoms with E-state index in [1.54, 1.807) is 0 Å². The smallest absolute Gasteiger partial charge is 0.258 e. The van der Waals surface area contributed by atoms with Gasteiger partial charge in [0.15, 0.2) is 0 Å². The molecule has 1 atom stereocenters. The molecule has 0 bridgehead atoms. The summed E-state index contributed by atoms with van der Waals surface area (Å²) < 4.78 is 5.68. The summed E-state index contributed by atoms with van der Waals surface area (Å²) >= 11 is 0. The number of aromatic amines is 1. The van der Waals surface area contributed by atoms with Crippen LogP contribution in [-0.2, 0) is 4.74 Å². The highest BCUT2D eigenvalue weighted by molar-refractivity contribution is 5.28. The maximum Gasteiger partial charge on any atom is 0.258 e. The summed E-state index contributed by atoms with van der Waals surface area (Å²) in [6.45, 7) is 2.51. The molecule has 1 aromatic rings. The highest BCUT2D eigenvalue weighted by Crippen LogP contribution is 2.43. The van der Waals surface area contributed by atoms with Gasteiger partial charge in [-0.2, -0.15) is 4.98 Å². The zero-order valence-electron chi connectivity index (χ0n) is 11.9. The molecule has 20 heavy (non-hydrogen) atoms. The van der Waals surface area contributed by atoms with Gasteiger partial charge in [0.1, 0.15) is 11.9 Å². The third kappa shape index (κ3) is 2.59. The maximum atomic E-state index is 12.3. The summed E-state index contributed by atoms with van der Waals surface area (Å²) in [5, 5.41) is 10.2. The molecule has 0 radical (unpaired) electrons. The fourth-order valence-corrected chi connectivity index (χ4v) is 3.22. The van der Waals surface area contributed by atoms with Gasteiger partial charge in [-0.3, -0.25) is 4.79 Å². The van der Waals surface area contributed by atoms with Crippen LogP contribution in [0.3, 0.4) is 0 Å². The van der Waals surface area contributed by atoms with Crippen LogP contribution in [0.15, 0.2) is 4.79 Å². The normalized spacial score (nSPS) is 21.2. The minimum atomic E-state index is -0.190. The lowest BCUT2D eigenvalue weighted by Crippen LogP contribution is -2.22. The Morgan fingerprint density at radius 2 is 2.05 bits per heavy atom. The molecule has 1 unspecified atom stereocenters. The van der Waals surface area contributed by atoms with E-state index >= 15 is 0 Å². The Morgan fingerprint density at radius 1 is 1.35 bits per heavy atom. The molecule has 3 rings (SSSR count). The van der Waals surface area contributed by atoms with E-state index in [9.17, 15) is 9.90 Å². The van der Waals surface area contributed by atoms with Crippen molar-refractivity contribution < 1.29 is 9.84 Å². The predicted octanol–water partition coefficient (Wildman–Crippen LogP) is 2.62. The van der Waals surface area contributed by atoms with Crippen molar-refractivity contribution in [2.45, 2.75) is 57.5 Å². The highest BCUT2D eigenvalue weighted by atomic mass is 16.5. The average Bonchev–Trinajstić information content (AvgIpc) is 3.11. The molecule has 2 fully saturated rings. The van der Waals surface area contributed by atoms with Gasteiger partial charge in [-0.25, -0.2) is 0 Å². The molecule has 5 heteroatoms. The first-order chi connectivity index (χ1) is 9.70. The summed E-state index contributed by atoms with van der Waals surface area (Å²) in [5.41, 5.74) is 0.280. The third-order valence-corrected chi connectivity index (χ3v) is 4.38. The van der Waals surface area contributed by atoms with Crippen molar-refractivity contribution in [3.05, 3.63) is 21.7 Å².